The molecular formula is C31H33Cl2N5O4. The average Bonchev–Trinajstić information content (AvgIpc) is 3.54. The summed E-state index contributed by atoms with van der Waals surface area (Å²) in [6.45, 7) is 4.72. The van der Waals surface area contributed by atoms with E-state index < -0.39 is 5.97 Å². The van der Waals surface area contributed by atoms with E-state index in [4.69, 9.17) is 37.4 Å². The largest absolute Gasteiger partial charge is 0.478 e. The number of hydrogen-bond donors (Lipinski definition) is 1. The van der Waals surface area contributed by atoms with Crippen molar-refractivity contribution in [1.82, 2.24) is 25.1 Å². The summed E-state index contributed by atoms with van der Waals surface area (Å²) in [4.78, 5) is 15.9. The second-order valence-electron chi connectivity index (χ2n) is 11.8. The van der Waals surface area contributed by atoms with Crippen molar-refractivity contribution in [2.75, 3.05) is 0 Å². The van der Waals surface area contributed by atoms with E-state index >= 15 is 0 Å². The van der Waals surface area contributed by atoms with Crippen molar-refractivity contribution < 1.29 is 19.2 Å². The number of halogens is 2. The van der Waals surface area contributed by atoms with Crippen LogP contribution in [0, 0.1) is 0 Å². The molecule has 0 bridgehead atoms. The molecule has 2 aromatic heterocycles. The van der Waals surface area contributed by atoms with Gasteiger partial charge in [0.25, 0.3) is 0 Å². The van der Waals surface area contributed by atoms with E-state index in [0.29, 0.717) is 45.5 Å². The first-order valence-electron chi connectivity index (χ1n) is 14.4. The number of para-hydroxylation sites is 1. The molecule has 0 aliphatic heterocycles. The third-order valence-electron chi connectivity index (χ3n) is 8.72. The summed E-state index contributed by atoms with van der Waals surface area (Å²) >= 11 is 13.1. The fourth-order valence-electron chi connectivity index (χ4n) is 5.96. The Hall–Kier alpha value is -3.27. The first-order valence-corrected chi connectivity index (χ1v) is 15.2. The van der Waals surface area contributed by atoms with Gasteiger partial charge in [-0.1, -0.05) is 72.0 Å². The Morgan fingerprint density at radius 3 is 2.40 bits per heavy atom. The van der Waals surface area contributed by atoms with Crippen LogP contribution in [0.4, 0.5) is 0 Å². The van der Waals surface area contributed by atoms with Gasteiger partial charge >= 0.3 is 5.97 Å². The van der Waals surface area contributed by atoms with Crippen molar-refractivity contribution in [3.05, 3.63) is 75.4 Å². The number of carboxylic acids is 1. The van der Waals surface area contributed by atoms with Gasteiger partial charge in [-0.15, -0.1) is 5.10 Å². The quantitative estimate of drug-likeness (QED) is 0.194. The van der Waals surface area contributed by atoms with Gasteiger partial charge in [0, 0.05) is 16.9 Å². The van der Waals surface area contributed by atoms with Crippen molar-refractivity contribution >= 4 is 29.2 Å². The third kappa shape index (κ3) is 5.57. The molecule has 220 valence electrons. The van der Waals surface area contributed by atoms with Gasteiger partial charge in [-0.25, -0.2) is 9.48 Å². The minimum Gasteiger partial charge on any atom is -0.478 e. The fourth-order valence-corrected chi connectivity index (χ4v) is 6.51. The zero-order chi connectivity index (χ0) is 29.5. The minimum absolute atomic E-state index is 0.215. The van der Waals surface area contributed by atoms with E-state index in [1.165, 1.54) is 0 Å². The predicted octanol–water partition coefficient (Wildman–Crippen LogP) is 7.79. The lowest BCUT2D eigenvalue weighted by molar-refractivity contribution is -0.0995. The summed E-state index contributed by atoms with van der Waals surface area (Å²) in [5.41, 5.74) is 2.84. The maximum absolute atomic E-state index is 11.2. The molecule has 6 rings (SSSR count). The Balaban J connectivity index is 1.20. The second-order valence-corrected chi connectivity index (χ2v) is 12.6. The van der Waals surface area contributed by atoms with Crippen LogP contribution in [-0.4, -0.2) is 41.8 Å². The Bertz CT molecular complexity index is 1570. The van der Waals surface area contributed by atoms with E-state index in [1.807, 2.05) is 6.07 Å². The molecule has 4 aromatic rings. The van der Waals surface area contributed by atoms with Crippen LogP contribution >= 0.6 is 23.2 Å². The maximum atomic E-state index is 11.2. The van der Waals surface area contributed by atoms with Gasteiger partial charge in [0.2, 0.25) is 11.7 Å². The van der Waals surface area contributed by atoms with Gasteiger partial charge in [-0.3, -0.25) is 0 Å². The van der Waals surface area contributed by atoms with Crippen LogP contribution in [0.5, 0.6) is 0 Å². The Morgan fingerprint density at radius 2 is 1.79 bits per heavy atom. The lowest BCUT2D eigenvalue weighted by atomic mass is 9.68. The number of ether oxygens (including phenoxy) is 1. The van der Waals surface area contributed by atoms with Crippen molar-refractivity contribution in [3.63, 3.8) is 0 Å². The molecule has 2 aromatic carbocycles. The number of aromatic carboxylic acids is 1. The van der Waals surface area contributed by atoms with E-state index in [-0.39, 0.29) is 16.6 Å². The number of benzene rings is 2. The zero-order valence-electron chi connectivity index (χ0n) is 23.6. The second kappa shape index (κ2) is 11.4. The number of aromatic nitrogens is 5. The van der Waals surface area contributed by atoms with Crippen LogP contribution in [0.2, 0.25) is 10.0 Å². The van der Waals surface area contributed by atoms with Gasteiger partial charge < -0.3 is 14.4 Å². The molecule has 9 nitrogen and oxygen atoms in total. The molecule has 0 amide bonds. The van der Waals surface area contributed by atoms with E-state index in [0.717, 1.165) is 62.8 Å². The molecule has 11 heteroatoms. The molecule has 1 N–H and O–H groups in total. The molecule has 2 saturated carbocycles. The molecule has 2 heterocycles. The molecule has 42 heavy (non-hydrogen) atoms. The van der Waals surface area contributed by atoms with Crippen molar-refractivity contribution in [1.29, 1.82) is 0 Å². The highest BCUT2D eigenvalue weighted by atomic mass is 35.5. The lowest BCUT2D eigenvalue weighted by Gasteiger charge is -2.43. The van der Waals surface area contributed by atoms with Crippen LogP contribution in [0.3, 0.4) is 0 Å². The molecule has 2 aliphatic rings. The Labute approximate surface area is 254 Å². The van der Waals surface area contributed by atoms with E-state index in [9.17, 15) is 9.90 Å². The monoisotopic (exact) mass is 609 g/mol. The van der Waals surface area contributed by atoms with Crippen molar-refractivity contribution in [3.8, 4) is 17.1 Å². The molecule has 0 saturated heterocycles. The summed E-state index contributed by atoms with van der Waals surface area (Å²) in [6.07, 6.45) is 7.46. The molecule has 0 atom stereocenters. The van der Waals surface area contributed by atoms with Gasteiger partial charge in [-0.05, 0) is 69.2 Å². The summed E-state index contributed by atoms with van der Waals surface area (Å²) in [6, 6.07) is 11.9. The molecular weight excluding hydrogens is 577 g/mol. The van der Waals surface area contributed by atoms with E-state index in [1.54, 1.807) is 41.1 Å². The standard InChI is InChI=1S/C31H33Cl2N5O4/c1-3-13-31(41-18-24-25(19-7-8-19)35-37-38(24)26-22(32)5-4-6-23(26)33)16-14-30(2,15-17-31)29-34-27(36-42-29)20-9-11-21(12-10-20)28(39)40/h4-6,9-12,19H,3,7-8,13-18H2,1-2H3,(H,39,40). The number of carbonyl (C=O) groups is 1. The number of nitrogens with zero attached hydrogens (tertiary/aromatic N) is 5. The van der Waals surface area contributed by atoms with Crippen LogP contribution in [0.15, 0.2) is 47.0 Å². The van der Waals surface area contributed by atoms with Gasteiger partial charge in [0.05, 0.1) is 39.2 Å². The van der Waals surface area contributed by atoms with Crippen LogP contribution in [-0.2, 0) is 16.8 Å². The first kappa shape index (κ1) is 28.8. The van der Waals surface area contributed by atoms with Crippen molar-refractivity contribution in [2.24, 2.45) is 0 Å². The highest BCUT2D eigenvalue weighted by molar-refractivity contribution is 6.37. The molecule has 0 radical (unpaired) electrons. The smallest absolute Gasteiger partial charge is 0.335 e. The van der Waals surface area contributed by atoms with Crippen molar-refractivity contribution in [2.45, 2.75) is 88.8 Å². The van der Waals surface area contributed by atoms with E-state index in [2.05, 4.69) is 29.3 Å². The number of rotatable bonds is 10. The molecule has 2 fully saturated rings. The third-order valence-corrected chi connectivity index (χ3v) is 9.33. The topological polar surface area (TPSA) is 116 Å². The predicted molar refractivity (Wildman–Crippen MR) is 158 cm³/mol. The molecule has 0 unspecified atom stereocenters. The maximum Gasteiger partial charge on any atom is 0.335 e. The van der Waals surface area contributed by atoms with Crippen LogP contribution in [0.1, 0.15) is 98.8 Å². The van der Waals surface area contributed by atoms with Crippen LogP contribution in [0.25, 0.3) is 17.1 Å². The Morgan fingerprint density at radius 1 is 1.10 bits per heavy atom. The van der Waals surface area contributed by atoms with Gasteiger partial charge in [0.1, 0.15) is 5.69 Å². The summed E-state index contributed by atoms with van der Waals surface area (Å²) in [5.74, 6) is 0.468. The summed E-state index contributed by atoms with van der Waals surface area (Å²) in [7, 11) is 0. The number of carboxylic acid groups (broad SMARTS) is 1. The summed E-state index contributed by atoms with van der Waals surface area (Å²) in [5, 5.41) is 23.4. The fraction of sp³-hybridized carbons (Fsp3) is 0.452. The normalized spacial score (nSPS) is 22.4. The SMILES string of the molecule is CCCC1(OCc2c(C3CC3)nnn2-c2c(Cl)cccc2Cl)CCC(C)(c2nc(-c3ccc(C(=O)O)cc3)no2)CC1. The van der Waals surface area contributed by atoms with Gasteiger partial charge in [-0.2, -0.15) is 4.98 Å². The zero-order valence-corrected chi connectivity index (χ0v) is 25.2. The molecule has 0 spiro atoms. The number of hydrogen-bond acceptors (Lipinski definition) is 7. The van der Waals surface area contributed by atoms with Crippen LogP contribution < -0.4 is 0 Å². The molecule has 2 aliphatic carbocycles. The van der Waals surface area contributed by atoms with Gasteiger partial charge in [0.15, 0.2) is 0 Å². The highest BCUT2D eigenvalue weighted by Gasteiger charge is 2.45. The summed E-state index contributed by atoms with van der Waals surface area (Å²) < 4.78 is 14.4. The lowest BCUT2D eigenvalue weighted by Crippen LogP contribution is -2.42. The first-order chi connectivity index (χ1) is 20.2. The minimum atomic E-state index is -0.972. The highest BCUT2D eigenvalue weighted by Crippen LogP contribution is 2.47. The average molecular weight is 611 g/mol. The Kier molecular flexibility index (Phi) is 7.85.